The summed E-state index contributed by atoms with van der Waals surface area (Å²) in [4.78, 5) is 12.2. The molecule has 1 aromatic carbocycles. The molecule has 23 heavy (non-hydrogen) atoms. The van der Waals surface area contributed by atoms with Crippen molar-refractivity contribution < 1.29 is 19.4 Å². The van der Waals surface area contributed by atoms with Crippen LogP contribution in [-0.2, 0) is 4.74 Å². The van der Waals surface area contributed by atoms with Crippen LogP contribution in [0.25, 0.3) is 10.9 Å². The first-order chi connectivity index (χ1) is 11.0. The predicted octanol–water partition coefficient (Wildman–Crippen LogP) is 4.36. The lowest BCUT2D eigenvalue weighted by Crippen LogP contribution is -2.12. The van der Waals surface area contributed by atoms with E-state index in [1.54, 1.807) is 26.2 Å². The SMILES string of the molecule is CCOC(=O)c1c(O)c2ccc(Br)c(OC)c2n(C2CC2)c1=S. The summed E-state index contributed by atoms with van der Waals surface area (Å²) in [5.41, 5.74) is 0.741. The van der Waals surface area contributed by atoms with Gasteiger partial charge >= 0.3 is 5.97 Å². The minimum absolute atomic E-state index is 0.0469. The van der Waals surface area contributed by atoms with Gasteiger partial charge in [0, 0.05) is 11.4 Å². The van der Waals surface area contributed by atoms with Gasteiger partial charge in [0.1, 0.15) is 16.0 Å². The smallest absolute Gasteiger partial charge is 0.344 e. The lowest BCUT2D eigenvalue weighted by molar-refractivity contribution is 0.0521. The van der Waals surface area contributed by atoms with E-state index in [1.807, 2.05) is 4.57 Å². The number of fused-ring (bicyclic) bond motifs is 1. The zero-order chi connectivity index (χ0) is 16.7. The molecule has 0 saturated heterocycles. The van der Waals surface area contributed by atoms with Gasteiger partial charge in [-0.3, -0.25) is 0 Å². The third-order valence-electron chi connectivity index (χ3n) is 3.84. The van der Waals surface area contributed by atoms with Crippen LogP contribution in [-0.4, -0.2) is 29.4 Å². The van der Waals surface area contributed by atoms with Crippen LogP contribution in [0.15, 0.2) is 16.6 Å². The maximum atomic E-state index is 12.2. The molecule has 0 atom stereocenters. The summed E-state index contributed by atoms with van der Waals surface area (Å²) in [5, 5.41) is 11.1. The highest BCUT2D eigenvalue weighted by Crippen LogP contribution is 2.45. The van der Waals surface area contributed by atoms with E-state index < -0.39 is 5.97 Å². The number of carbonyl (C=O) groups is 1. The van der Waals surface area contributed by atoms with E-state index in [1.165, 1.54) is 0 Å². The Morgan fingerprint density at radius 2 is 2.17 bits per heavy atom. The molecule has 1 N–H and O–H groups in total. The first-order valence-electron chi connectivity index (χ1n) is 7.32. The van der Waals surface area contributed by atoms with Gasteiger partial charge in [0.05, 0.1) is 23.7 Å². The van der Waals surface area contributed by atoms with Gasteiger partial charge in [-0.05, 0) is 47.8 Å². The second-order valence-corrected chi connectivity index (χ2v) is 6.57. The molecule has 1 saturated carbocycles. The number of benzene rings is 1. The summed E-state index contributed by atoms with van der Waals surface area (Å²) in [5.74, 6) is -0.175. The zero-order valence-electron chi connectivity index (χ0n) is 12.8. The molecule has 0 radical (unpaired) electrons. The van der Waals surface area contributed by atoms with Crippen molar-refractivity contribution in [1.82, 2.24) is 4.57 Å². The van der Waals surface area contributed by atoms with Crippen LogP contribution >= 0.6 is 28.1 Å². The van der Waals surface area contributed by atoms with Gasteiger partial charge in [0.15, 0.2) is 5.75 Å². The van der Waals surface area contributed by atoms with Gasteiger partial charge in [0.25, 0.3) is 0 Å². The van der Waals surface area contributed by atoms with E-state index in [-0.39, 0.29) is 28.6 Å². The average molecular weight is 398 g/mol. The van der Waals surface area contributed by atoms with Crippen molar-refractivity contribution in [1.29, 1.82) is 0 Å². The molecule has 1 heterocycles. The number of ether oxygens (including phenoxy) is 2. The van der Waals surface area contributed by atoms with Gasteiger partial charge in [-0.15, -0.1) is 0 Å². The summed E-state index contributed by atoms with van der Waals surface area (Å²) in [7, 11) is 1.57. The lowest BCUT2D eigenvalue weighted by Gasteiger charge is -2.18. The number of hydrogen-bond acceptors (Lipinski definition) is 5. The quantitative estimate of drug-likeness (QED) is 0.613. The summed E-state index contributed by atoms with van der Waals surface area (Å²) < 4.78 is 13.5. The number of pyridine rings is 1. The van der Waals surface area contributed by atoms with Crippen LogP contribution in [0.2, 0.25) is 0 Å². The van der Waals surface area contributed by atoms with Gasteiger partial charge in [-0.25, -0.2) is 4.79 Å². The number of aromatic nitrogens is 1. The van der Waals surface area contributed by atoms with E-state index in [2.05, 4.69) is 15.9 Å². The fraction of sp³-hybridized carbons (Fsp3) is 0.375. The second-order valence-electron chi connectivity index (χ2n) is 5.33. The van der Waals surface area contributed by atoms with Crippen molar-refractivity contribution in [3.63, 3.8) is 0 Å². The largest absolute Gasteiger partial charge is 0.506 e. The van der Waals surface area contributed by atoms with Crippen molar-refractivity contribution in [2.75, 3.05) is 13.7 Å². The van der Waals surface area contributed by atoms with Gasteiger partial charge < -0.3 is 19.1 Å². The number of esters is 1. The van der Waals surface area contributed by atoms with Gasteiger partial charge in [-0.2, -0.15) is 0 Å². The Morgan fingerprint density at radius 3 is 2.74 bits per heavy atom. The van der Waals surface area contributed by atoms with Crippen molar-refractivity contribution in [3.8, 4) is 11.5 Å². The van der Waals surface area contributed by atoms with Gasteiger partial charge in [-0.1, -0.05) is 12.2 Å². The Labute approximate surface area is 147 Å². The molecule has 0 spiro atoms. The highest BCUT2D eigenvalue weighted by Gasteiger charge is 2.31. The van der Waals surface area contributed by atoms with Crippen molar-refractivity contribution >= 4 is 45.0 Å². The van der Waals surface area contributed by atoms with Crippen LogP contribution in [0, 0.1) is 4.64 Å². The topological polar surface area (TPSA) is 60.7 Å². The van der Waals surface area contributed by atoms with Crippen molar-refractivity contribution in [2.45, 2.75) is 25.8 Å². The number of hydrogen-bond donors (Lipinski definition) is 1. The molecule has 122 valence electrons. The van der Waals surface area contributed by atoms with Crippen LogP contribution < -0.4 is 4.74 Å². The minimum Gasteiger partial charge on any atom is -0.506 e. The fourth-order valence-corrected chi connectivity index (χ4v) is 3.60. The Hall–Kier alpha value is -1.60. The molecule has 1 aliphatic carbocycles. The summed E-state index contributed by atoms with van der Waals surface area (Å²) in [6.07, 6.45) is 1.96. The molecule has 0 unspecified atom stereocenters. The molecule has 5 nitrogen and oxygen atoms in total. The van der Waals surface area contributed by atoms with E-state index in [0.29, 0.717) is 16.7 Å². The third kappa shape index (κ3) is 2.61. The monoisotopic (exact) mass is 397 g/mol. The van der Waals surface area contributed by atoms with Crippen molar-refractivity contribution in [2.24, 2.45) is 0 Å². The number of rotatable bonds is 4. The molecule has 1 aliphatic rings. The standard InChI is InChI=1S/C16H16BrNO4S/c1-3-22-16(20)11-13(19)9-6-7-10(17)14(21-2)12(9)18(15(11)23)8-4-5-8/h6-8,19H,3-5H2,1-2H3. The molecule has 0 aliphatic heterocycles. The third-order valence-corrected chi connectivity index (χ3v) is 4.87. The Kier molecular flexibility index (Phi) is 4.33. The van der Waals surface area contributed by atoms with Crippen LogP contribution in [0.1, 0.15) is 36.2 Å². The molecule has 7 heteroatoms. The van der Waals surface area contributed by atoms with E-state index in [0.717, 1.165) is 17.3 Å². The molecule has 2 aromatic rings. The van der Waals surface area contributed by atoms with E-state index in [4.69, 9.17) is 21.7 Å². The van der Waals surface area contributed by atoms with E-state index >= 15 is 0 Å². The van der Waals surface area contributed by atoms with Crippen LogP contribution in [0.4, 0.5) is 0 Å². The Bertz CT molecular complexity index is 858. The summed E-state index contributed by atoms with van der Waals surface area (Å²) in [6.45, 7) is 1.94. The predicted molar refractivity (Wildman–Crippen MR) is 92.9 cm³/mol. The molecule has 0 amide bonds. The Balaban J connectivity index is 2.44. The first-order valence-corrected chi connectivity index (χ1v) is 8.52. The summed E-state index contributed by atoms with van der Waals surface area (Å²) >= 11 is 8.95. The molecule has 3 rings (SSSR count). The number of methoxy groups -OCH3 is 1. The normalized spacial score (nSPS) is 14.0. The van der Waals surface area contributed by atoms with Crippen LogP contribution in [0.5, 0.6) is 11.5 Å². The maximum Gasteiger partial charge on any atom is 0.344 e. The number of aromatic hydroxyl groups is 1. The number of nitrogens with zero attached hydrogens (tertiary/aromatic N) is 1. The van der Waals surface area contributed by atoms with Crippen molar-refractivity contribution in [3.05, 3.63) is 26.8 Å². The second kappa shape index (κ2) is 6.13. The molecule has 1 aromatic heterocycles. The Morgan fingerprint density at radius 1 is 1.48 bits per heavy atom. The molecule has 0 bridgehead atoms. The van der Waals surface area contributed by atoms with E-state index in [9.17, 15) is 9.90 Å². The lowest BCUT2D eigenvalue weighted by atomic mass is 10.1. The molecular weight excluding hydrogens is 382 g/mol. The molecule has 1 fully saturated rings. The highest BCUT2D eigenvalue weighted by molar-refractivity contribution is 9.10. The molecular formula is C16H16BrNO4S. The highest BCUT2D eigenvalue weighted by atomic mass is 79.9. The minimum atomic E-state index is -0.604. The maximum absolute atomic E-state index is 12.2. The fourth-order valence-electron chi connectivity index (χ4n) is 2.70. The average Bonchev–Trinajstić information content (AvgIpc) is 3.32. The number of carbonyl (C=O) groups excluding carboxylic acids is 1. The first kappa shape index (κ1) is 16.3. The zero-order valence-corrected chi connectivity index (χ0v) is 15.2. The number of halogens is 1. The van der Waals surface area contributed by atoms with Crippen LogP contribution in [0.3, 0.4) is 0 Å². The van der Waals surface area contributed by atoms with Gasteiger partial charge in [0.2, 0.25) is 0 Å². The summed E-state index contributed by atoms with van der Waals surface area (Å²) in [6, 6.07) is 3.73.